The van der Waals surface area contributed by atoms with Crippen molar-refractivity contribution in [3.63, 3.8) is 0 Å². The molecule has 24 heavy (non-hydrogen) atoms. The summed E-state index contributed by atoms with van der Waals surface area (Å²) in [5, 5.41) is 15.7. The van der Waals surface area contributed by atoms with Gasteiger partial charge in [0.1, 0.15) is 5.82 Å². The fourth-order valence-corrected chi connectivity index (χ4v) is 2.22. The monoisotopic (exact) mass is 320 g/mol. The Labute approximate surface area is 138 Å². The second kappa shape index (κ2) is 6.75. The molecule has 118 valence electrons. The predicted octanol–water partition coefficient (Wildman–Crippen LogP) is 3.19. The normalized spacial score (nSPS) is 10.2. The Hall–Kier alpha value is -3.46. The van der Waals surface area contributed by atoms with Crippen LogP contribution in [-0.2, 0) is 6.54 Å². The molecule has 3 rings (SSSR count). The van der Waals surface area contributed by atoms with E-state index in [0.717, 1.165) is 5.56 Å². The van der Waals surface area contributed by atoms with E-state index in [2.05, 4.69) is 10.4 Å². The van der Waals surface area contributed by atoms with E-state index in [-0.39, 0.29) is 11.7 Å². The van der Waals surface area contributed by atoms with Gasteiger partial charge in [-0.2, -0.15) is 10.4 Å². The molecule has 2 aromatic carbocycles. The largest absolute Gasteiger partial charge is 0.305 e. The van der Waals surface area contributed by atoms with Gasteiger partial charge in [0.15, 0.2) is 5.82 Å². The number of carbonyl (C=O) groups is 1. The zero-order chi connectivity index (χ0) is 16.9. The first kappa shape index (κ1) is 15.4. The van der Waals surface area contributed by atoms with Gasteiger partial charge in [0.25, 0.3) is 5.91 Å². The number of halogens is 1. The van der Waals surface area contributed by atoms with E-state index in [0.29, 0.717) is 23.5 Å². The van der Waals surface area contributed by atoms with Crippen LogP contribution in [0.25, 0.3) is 0 Å². The lowest BCUT2D eigenvalue weighted by atomic mass is 10.1. The third kappa shape index (κ3) is 3.65. The molecule has 0 aliphatic heterocycles. The van der Waals surface area contributed by atoms with Gasteiger partial charge >= 0.3 is 0 Å². The molecular weight excluding hydrogens is 307 g/mol. The van der Waals surface area contributed by atoms with Crippen LogP contribution in [0.5, 0.6) is 0 Å². The number of hydrogen-bond donors (Lipinski definition) is 1. The number of nitriles is 1. The van der Waals surface area contributed by atoms with Crippen LogP contribution < -0.4 is 5.32 Å². The minimum absolute atomic E-state index is 0.297. The Morgan fingerprint density at radius 1 is 1.21 bits per heavy atom. The van der Waals surface area contributed by atoms with Crippen molar-refractivity contribution in [1.29, 1.82) is 5.26 Å². The maximum atomic E-state index is 13.2. The molecule has 6 heteroatoms. The summed E-state index contributed by atoms with van der Waals surface area (Å²) < 4.78 is 14.8. The van der Waals surface area contributed by atoms with Crippen LogP contribution >= 0.6 is 0 Å². The van der Waals surface area contributed by atoms with E-state index >= 15 is 0 Å². The Morgan fingerprint density at radius 3 is 2.71 bits per heavy atom. The molecule has 0 aliphatic carbocycles. The van der Waals surface area contributed by atoms with Crippen LogP contribution in [0.2, 0.25) is 0 Å². The van der Waals surface area contributed by atoms with E-state index in [4.69, 9.17) is 5.26 Å². The standard InChI is InChI=1S/C18H13FN4O/c19-16-3-1-2-14(10-16)12-23-9-8-17(22-23)21-18(24)15-6-4-13(11-20)5-7-15/h1-10H,12H2,(H,21,22,24). The zero-order valence-electron chi connectivity index (χ0n) is 12.6. The minimum atomic E-state index is -0.310. The first-order valence-corrected chi connectivity index (χ1v) is 7.23. The predicted molar refractivity (Wildman–Crippen MR) is 86.8 cm³/mol. The van der Waals surface area contributed by atoms with Crippen molar-refractivity contribution in [2.75, 3.05) is 5.32 Å². The molecule has 0 radical (unpaired) electrons. The lowest BCUT2D eigenvalue weighted by Gasteiger charge is -2.03. The third-order valence-electron chi connectivity index (χ3n) is 3.39. The number of aromatic nitrogens is 2. The van der Waals surface area contributed by atoms with Crippen LogP contribution in [0.15, 0.2) is 60.8 Å². The van der Waals surface area contributed by atoms with Crippen molar-refractivity contribution >= 4 is 11.7 Å². The highest BCUT2D eigenvalue weighted by atomic mass is 19.1. The number of anilines is 1. The number of benzene rings is 2. The second-order valence-corrected chi connectivity index (χ2v) is 5.17. The molecule has 1 heterocycles. The molecule has 1 N–H and O–H groups in total. The van der Waals surface area contributed by atoms with Crippen molar-refractivity contribution in [3.8, 4) is 6.07 Å². The van der Waals surface area contributed by atoms with Crippen molar-refractivity contribution in [3.05, 3.63) is 83.3 Å². The van der Waals surface area contributed by atoms with Crippen LogP contribution in [0.4, 0.5) is 10.2 Å². The summed E-state index contributed by atoms with van der Waals surface area (Å²) in [6, 6.07) is 16.3. The minimum Gasteiger partial charge on any atom is -0.305 e. The molecule has 5 nitrogen and oxygen atoms in total. The number of carbonyl (C=O) groups excluding carboxylic acids is 1. The molecule has 1 amide bonds. The second-order valence-electron chi connectivity index (χ2n) is 5.17. The molecule has 0 saturated heterocycles. The van der Waals surface area contributed by atoms with Gasteiger partial charge in [0.2, 0.25) is 0 Å². The molecule has 3 aromatic rings. The molecule has 0 fully saturated rings. The van der Waals surface area contributed by atoms with Crippen molar-refractivity contribution in [2.45, 2.75) is 6.54 Å². The van der Waals surface area contributed by atoms with E-state index in [1.807, 2.05) is 6.07 Å². The molecule has 0 unspecified atom stereocenters. The van der Waals surface area contributed by atoms with Gasteiger partial charge in [-0.15, -0.1) is 0 Å². The molecular formula is C18H13FN4O. The summed E-state index contributed by atoms with van der Waals surface area (Å²) in [5.74, 6) is -0.203. The summed E-state index contributed by atoms with van der Waals surface area (Å²) in [4.78, 5) is 12.1. The van der Waals surface area contributed by atoms with Gasteiger partial charge in [0, 0.05) is 17.8 Å². The highest BCUT2D eigenvalue weighted by Gasteiger charge is 2.08. The third-order valence-corrected chi connectivity index (χ3v) is 3.39. The van der Waals surface area contributed by atoms with Crippen LogP contribution in [-0.4, -0.2) is 15.7 Å². The topological polar surface area (TPSA) is 70.7 Å². The molecule has 0 atom stereocenters. The molecule has 0 bridgehead atoms. The summed E-state index contributed by atoms with van der Waals surface area (Å²) in [6.45, 7) is 0.407. The number of hydrogen-bond acceptors (Lipinski definition) is 3. The van der Waals surface area contributed by atoms with Crippen LogP contribution in [0, 0.1) is 17.1 Å². The SMILES string of the molecule is N#Cc1ccc(C(=O)Nc2ccn(Cc3cccc(F)c3)n2)cc1. The lowest BCUT2D eigenvalue weighted by Crippen LogP contribution is -2.12. The first-order chi connectivity index (χ1) is 11.6. The van der Waals surface area contributed by atoms with E-state index in [1.165, 1.54) is 12.1 Å². The Morgan fingerprint density at radius 2 is 2.00 bits per heavy atom. The van der Waals surface area contributed by atoms with Gasteiger partial charge < -0.3 is 5.32 Å². The van der Waals surface area contributed by atoms with Gasteiger partial charge in [-0.3, -0.25) is 9.48 Å². The zero-order valence-corrected chi connectivity index (χ0v) is 12.6. The summed E-state index contributed by atoms with van der Waals surface area (Å²) in [6.07, 6.45) is 1.71. The quantitative estimate of drug-likeness (QED) is 0.802. The first-order valence-electron chi connectivity index (χ1n) is 7.23. The smallest absolute Gasteiger partial charge is 0.256 e. The number of nitrogens with one attached hydrogen (secondary N) is 1. The highest BCUT2D eigenvalue weighted by molar-refractivity contribution is 6.03. The average molecular weight is 320 g/mol. The van der Waals surface area contributed by atoms with E-state index < -0.39 is 0 Å². The fourth-order valence-electron chi connectivity index (χ4n) is 2.22. The maximum absolute atomic E-state index is 13.2. The van der Waals surface area contributed by atoms with Gasteiger partial charge in [-0.25, -0.2) is 4.39 Å². The molecule has 0 saturated carbocycles. The fraction of sp³-hybridized carbons (Fsp3) is 0.0556. The number of nitrogens with zero attached hydrogens (tertiary/aromatic N) is 3. The molecule has 0 aliphatic rings. The lowest BCUT2D eigenvalue weighted by molar-refractivity contribution is 0.102. The highest BCUT2D eigenvalue weighted by Crippen LogP contribution is 2.10. The molecule has 0 spiro atoms. The van der Waals surface area contributed by atoms with E-state index in [1.54, 1.807) is 53.3 Å². The van der Waals surface area contributed by atoms with Gasteiger partial charge in [-0.1, -0.05) is 12.1 Å². The van der Waals surface area contributed by atoms with E-state index in [9.17, 15) is 9.18 Å². The van der Waals surface area contributed by atoms with Gasteiger partial charge in [-0.05, 0) is 42.0 Å². The number of rotatable bonds is 4. The Balaban J connectivity index is 1.67. The summed E-state index contributed by atoms with van der Waals surface area (Å²) >= 11 is 0. The Bertz CT molecular complexity index is 909. The average Bonchev–Trinajstić information content (AvgIpc) is 3.02. The van der Waals surface area contributed by atoms with Crippen LogP contribution in [0.1, 0.15) is 21.5 Å². The van der Waals surface area contributed by atoms with Crippen LogP contribution in [0.3, 0.4) is 0 Å². The maximum Gasteiger partial charge on any atom is 0.256 e. The van der Waals surface area contributed by atoms with Crippen molar-refractivity contribution < 1.29 is 9.18 Å². The Kier molecular flexibility index (Phi) is 4.34. The van der Waals surface area contributed by atoms with Crippen molar-refractivity contribution in [1.82, 2.24) is 9.78 Å². The van der Waals surface area contributed by atoms with Crippen molar-refractivity contribution in [2.24, 2.45) is 0 Å². The summed E-state index contributed by atoms with van der Waals surface area (Å²) in [7, 11) is 0. The summed E-state index contributed by atoms with van der Waals surface area (Å²) in [5.41, 5.74) is 1.71. The number of amides is 1. The van der Waals surface area contributed by atoms with Gasteiger partial charge in [0.05, 0.1) is 18.2 Å². The molecule has 1 aromatic heterocycles.